The Labute approximate surface area is 156 Å². The van der Waals surface area contributed by atoms with Crippen LogP contribution >= 0.6 is 0 Å². The fourth-order valence-electron chi connectivity index (χ4n) is 5.05. The van der Waals surface area contributed by atoms with Crippen molar-refractivity contribution in [2.45, 2.75) is 38.2 Å². The number of hydrogen-bond acceptors (Lipinski definition) is 7. The van der Waals surface area contributed by atoms with E-state index in [1.165, 1.54) is 6.42 Å². The molecule has 1 aromatic heterocycles. The van der Waals surface area contributed by atoms with Crippen LogP contribution in [0.3, 0.4) is 0 Å². The number of piperazine rings is 1. The Morgan fingerprint density at radius 1 is 1.15 bits per heavy atom. The zero-order valence-corrected chi connectivity index (χ0v) is 16.1. The Hall–Kier alpha value is -1.60. The SMILES string of the molecule is CC[C@]1(O)CCC[C@H]2CN(c3cc(N4CCN(C)CC4)nc(N)n3)C[C@H]21. The summed E-state index contributed by atoms with van der Waals surface area (Å²) in [6.07, 6.45) is 4.09. The summed E-state index contributed by atoms with van der Waals surface area (Å²) < 4.78 is 0. The molecule has 1 saturated carbocycles. The molecule has 7 heteroatoms. The van der Waals surface area contributed by atoms with Crippen molar-refractivity contribution < 1.29 is 5.11 Å². The van der Waals surface area contributed by atoms with Crippen molar-refractivity contribution in [1.29, 1.82) is 0 Å². The number of rotatable bonds is 3. The maximum atomic E-state index is 11.1. The topological polar surface area (TPSA) is 81.8 Å². The lowest BCUT2D eigenvalue weighted by atomic mass is 9.69. The lowest BCUT2D eigenvalue weighted by molar-refractivity contribution is -0.0597. The van der Waals surface area contributed by atoms with Crippen LogP contribution in [0.5, 0.6) is 0 Å². The second-order valence-electron chi connectivity index (χ2n) is 8.35. The van der Waals surface area contributed by atoms with Gasteiger partial charge in [0.15, 0.2) is 0 Å². The van der Waals surface area contributed by atoms with Gasteiger partial charge in [0.25, 0.3) is 0 Å². The number of anilines is 3. The molecule has 3 atom stereocenters. The van der Waals surface area contributed by atoms with E-state index in [4.69, 9.17) is 5.73 Å². The summed E-state index contributed by atoms with van der Waals surface area (Å²) in [5.74, 6) is 3.08. The van der Waals surface area contributed by atoms with Gasteiger partial charge in [-0.25, -0.2) is 0 Å². The van der Waals surface area contributed by atoms with E-state index in [2.05, 4.69) is 44.7 Å². The van der Waals surface area contributed by atoms with Crippen molar-refractivity contribution in [1.82, 2.24) is 14.9 Å². The highest BCUT2D eigenvalue weighted by Gasteiger charge is 2.48. The summed E-state index contributed by atoms with van der Waals surface area (Å²) in [6, 6.07) is 2.09. The highest BCUT2D eigenvalue weighted by atomic mass is 16.3. The molecule has 1 aromatic rings. The van der Waals surface area contributed by atoms with Crippen LogP contribution in [-0.4, -0.2) is 71.9 Å². The molecule has 0 bridgehead atoms. The van der Waals surface area contributed by atoms with Crippen molar-refractivity contribution >= 4 is 17.6 Å². The van der Waals surface area contributed by atoms with Crippen LogP contribution in [0.1, 0.15) is 32.6 Å². The number of nitrogens with two attached hydrogens (primary N) is 1. The van der Waals surface area contributed by atoms with E-state index in [0.717, 1.165) is 70.2 Å². The summed E-state index contributed by atoms with van der Waals surface area (Å²) in [5, 5.41) is 11.1. The number of likely N-dealkylation sites (N-methyl/N-ethyl adjacent to an activating group) is 1. The highest BCUT2D eigenvalue weighted by Crippen LogP contribution is 2.45. The predicted molar refractivity (Wildman–Crippen MR) is 104 cm³/mol. The lowest BCUT2D eigenvalue weighted by Gasteiger charge is -2.40. The molecule has 0 radical (unpaired) electrons. The summed E-state index contributed by atoms with van der Waals surface area (Å²) in [7, 11) is 2.15. The third kappa shape index (κ3) is 3.22. The zero-order valence-electron chi connectivity index (χ0n) is 16.1. The first-order valence-electron chi connectivity index (χ1n) is 10.0. The lowest BCUT2D eigenvalue weighted by Crippen LogP contribution is -2.45. The van der Waals surface area contributed by atoms with Crippen molar-refractivity contribution in [3.05, 3.63) is 6.07 Å². The van der Waals surface area contributed by atoms with Gasteiger partial charge in [-0.15, -0.1) is 0 Å². The van der Waals surface area contributed by atoms with E-state index in [9.17, 15) is 5.11 Å². The van der Waals surface area contributed by atoms with Crippen LogP contribution in [0.4, 0.5) is 17.6 Å². The smallest absolute Gasteiger partial charge is 0.223 e. The second kappa shape index (κ2) is 6.85. The van der Waals surface area contributed by atoms with E-state index < -0.39 is 5.60 Å². The van der Waals surface area contributed by atoms with Crippen molar-refractivity contribution in [2.24, 2.45) is 11.8 Å². The monoisotopic (exact) mass is 360 g/mol. The van der Waals surface area contributed by atoms with E-state index in [0.29, 0.717) is 17.8 Å². The van der Waals surface area contributed by atoms with Gasteiger partial charge in [-0.05, 0) is 32.2 Å². The van der Waals surface area contributed by atoms with Gasteiger partial charge in [0.2, 0.25) is 5.95 Å². The van der Waals surface area contributed by atoms with Gasteiger partial charge in [0.05, 0.1) is 5.60 Å². The maximum absolute atomic E-state index is 11.1. The number of nitrogens with zero attached hydrogens (tertiary/aromatic N) is 5. The van der Waals surface area contributed by atoms with Gasteiger partial charge in [-0.2, -0.15) is 9.97 Å². The third-order valence-electron chi connectivity index (χ3n) is 6.80. The number of aromatic nitrogens is 2. The first kappa shape index (κ1) is 17.8. The molecule has 3 N–H and O–H groups in total. The van der Waals surface area contributed by atoms with Crippen LogP contribution in [0.25, 0.3) is 0 Å². The molecule has 26 heavy (non-hydrogen) atoms. The number of nitrogen functional groups attached to an aromatic ring is 1. The average Bonchev–Trinajstić information content (AvgIpc) is 3.08. The molecule has 0 amide bonds. The van der Waals surface area contributed by atoms with Crippen molar-refractivity contribution in [3.63, 3.8) is 0 Å². The van der Waals surface area contributed by atoms with Crippen LogP contribution in [-0.2, 0) is 0 Å². The fourth-order valence-corrected chi connectivity index (χ4v) is 5.05. The molecule has 7 nitrogen and oxygen atoms in total. The molecule has 4 rings (SSSR count). The number of aliphatic hydroxyl groups is 1. The molecule has 3 fully saturated rings. The first-order chi connectivity index (χ1) is 12.5. The Morgan fingerprint density at radius 2 is 1.85 bits per heavy atom. The molecular formula is C19H32N6O. The Morgan fingerprint density at radius 3 is 2.54 bits per heavy atom. The van der Waals surface area contributed by atoms with Crippen molar-refractivity contribution in [3.8, 4) is 0 Å². The molecule has 144 valence electrons. The van der Waals surface area contributed by atoms with E-state index in [1.807, 2.05) is 0 Å². The van der Waals surface area contributed by atoms with E-state index in [-0.39, 0.29) is 0 Å². The second-order valence-corrected chi connectivity index (χ2v) is 8.35. The van der Waals surface area contributed by atoms with Crippen LogP contribution in [0.2, 0.25) is 0 Å². The molecule has 0 aromatic carbocycles. The molecule has 2 aliphatic heterocycles. The van der Waals surface area contributed by atoms with Gasteiger partial charge < -0.3 is 25.5 Å². The maximum Gasteiger partial charge on any atom is 0.223 e. The minimum atomic E-state index is -0.517. The molecule has 1 aliphatic carbocycles. The van der Waals surface area contributed by atoms with E-state index in [1.54, 1.807) is 0 Å². The summed E-state index contributed by atoms with van der Waals surface area (Å²) >= 11 is 0. The minimum Gasteiger partial charge on any atom is -0.390 e. The summed E-state index contributed by atoms with van der Waals surface area (Å²) in [6.45, 7) is 7.95. The van der Waals surface area contributed by atoms with Crippen LogP contribution in [0, 0.1) is 11.8 Å². The standard InChI is InChI=1S/C19H32N6O/c1-3-19(26)6-4-5-14-12-25(13-15(14)19)17-11-16(21-18(20)22-17)24-9-7-23(2)8-10-24/h11,14-15,26H,3-10,12-13H2,1-2H3,(H2,20,21,22)/t14-,15+,19-/m0/s1. The highest BCUT2D eigenvalue weighted by molar-refractivity contribution is 5.55. The number of hydrogen-bond donors (Lipinski definition) is 2. The summed E-state index contributed by atoms with van der Waals surface area (Å²) in [4.78, 5) is 16.0. The van der Waals surface area contributed by atoms with E-state index >= 15 is 0 Å². The van der Waals surface area contributed by atoms with Gasteiger partial charge in [-0.3, -0.25) is 0 Å². The molecular weight excluding hydrogens is 328 g/mol. The number of fused-ring (bicyclic) bond motifs is 1. The third-order valence-corrected chi connectivity index (χ3v) is 6.80. The van der Waals surface area contributed by atoms with Gasteiger partial charge in [0, 0.05) is 51.3 Å². The fraction of sp³-hybridized carbons (Fsp3) is 0.789. The minimum absolute atomic E-state index is 0.338. The molecule has 3 heterocycles. The average molecular weight is 361 g/mol. The molecule has 2 saturated heterocycles. The summed E-state index contributed by atoms with van der Waals surface area (Å²) in [5.41, 5.74) is 5.53. The Kier molecular flexibility index (Phi) is 4.69. The largest absolute Gasteiger partial charge is 0.390 e. The van der Waals surface area contributed by atoms with Crippen LogP contribution in [0.15, 0.2) is 6.07 Å². The van der Waals surface area contributed by atoms with Gasteiger partial charge >= 0.3 is 0 Å². The molecule has 3 aliphatic rings. The quantitative estimate of drug-likeness (QED) is 0.838. The molecule has 0 spiro atoms. The van der Waals surface area contributed by atoms with Gasteiger partial charge in [-0.1, -0.05) is 13.3 Å². The first-order valence-corrected chi connectivity index (χ1v) is 10.0. The predicted octanol–water partition coefficient (Wildman–Crippen LogP) is 1.19. The zero-order chi connectivity index (χ0) is 18.3. The Bertz CT molecular complexity index is 647. The molecule has 0 unspecified atom stereocenters. The Balaban J connectivity index is 1.55. The van der Waals surface area contributed by atoms with Crippen LogP contribution < -0.4 is 15.5 Å². The van der Waals surface area contributed by atoms with Gasteiger partial charge in [0.1, 0.15) is 11.6 Å². The van der Waals surface area contributed by atoms with Crippen molar-refractivity contribution in [2.75, 3.05) is 61.8 Å². The normalized spacial score (nSPS) is 32.7.